The van der Waals surface area contributed by atoms with Gasteiger partial charge in [0.15, 0.2) is 0 Å². The Morgan fingerprint density at radius 1 is 1.35 bits per heavy atom. The van der Waals surface area contributed by atoms with Gasteiger partial charge in [0.1, 0.15) is 5.71 Å². The average Bonchev–Trinajstić information content (AvgIpc) is 2.28. The lowest BCUT2D eigenvalue weighted by atomic mass is 10.2. The second-order valence-electron chi connectivity index (χ2n) is 3.94. The van der Waals surface area contributed by atoms with Crippen LogP contribution >= 0.6 is 0 Å². The molecule has 0 amide bonds. The Balaban J connectivity index is 2.13. The van der Waals surface area contributed by atoms with Gasteiger partial charge in [-0.2, -0.15) is 13.2 Å². The Kier molecular flexibility index (Phi) is 3.08. The Morgan fingerprint density at radius 3 is 2.76 bits per heavy atom. The summed E-state index contributed by atoms with van der Waals surface area (Å²) >= 11 is 0. The maximum Gasteiger partial charge on any atom is 0.429 e. The number of nitrogens with one attached hydrogen (secondary N) is 1. The first-order chi connectivity index (χ1) is 7.97. The lowest BCUT2D eigenvalue weighted by Crippen LogP contribution is -2.45. The number of halogens is 3. The van der Waals surface area contributed by atoms with Crippen molar-refractivity contribution >= 4 is 11.7 Å². The van der Waals surface area contributed by atoms with E-state index in [1.54, 1.807) is 4.90 Å². The number of guanidine groups is 1. The lowest BCUT2D eigenvalue weighted by molar-refractivity contribution is -0.0604. The van der Waals surface area contributed by atoms with Crippen molar-refractivity contribution in [2.24, 2.45) is 9.98 Å². The highest BCUT2D eigenvalue weighted by atomic mass is 19.4. The van der Waals surface area contributed by atoms with Crippen LogP contribution in [0.5, 0.6) is 0 Å². The van der Waals surface area contributed by atoms with E-state index < -0.39 is 11.9 Å². The van der Waals surface area contributed by atoms with Gasteiger partial charge in [-0.3, -0.25) is 4.99 Å². The smallest absolute Gasteiger partial charge is 0.386 e. The Bertz CT molecular complexity index is 384. The molecular formula is C10H13F3N4. The van der Waals surface area contributed by atoms with Crippen LogP contribution in [0.3, 0.4) is 0 Å². The third kappa shape index (κ3) is 2.78. The molecule has 0 atom stereocenters. The summed E-state index contributed by atoms with van der Waals surface area (Å²) in [6.45, 7) is 5.58. The summed E-state index contributed by atoms with van der Waals surface area (Å²) in [7, 11) is 0. The summed E-state index contributed by atoms with van der Waals surface area (Å²) in [6.07, 6.45) is -4.49. The fourth-order valence-electron chi connectivity index (χ4n) is 1.75. The first-order valence-corrected chi connectivity index (χ1v) is 5.32. The third-order valence-corrected chi connectivity index (χ3v) is 2.59. The van der Waals surface area contributed by atoms with Gasteiger partial charge < -0.3 is 10.2 Å². The number of rotatable bonds is 0. The van der Waals surface area contributed by atoms with Gasteiger partial charge in [0, 0.05) is 31.8 Å². The number of hydrogen-bond acceptors (Lipinski definition) is 4. The van der Waals surface area contributed by atoms with E-state index in [9.17, 15) is 13.2 Å². The zero-order chi connectivity index (χ0) is 12.5. The van der Waals surface area contributed by atoms with Crippen molar-refractivity contribution in [2.45, 2.75) is 12.6 Å². The number of piperazine rings is 1. The predicted octanol–water partition coefficient (Wildman–Crippen LogP) is 1.17. The van der Waals surface area contributed by atoms with Crippen LogP contribution in [0.1, 0.15) is 6.42 Å². The van der Waals surface area contributed by atoms with Crippen molar-refractivity contribution in [3.8, 4) is 0 Å². The van der Waals surface area contributed by atoms with E-state index in [1.807, 2.05) is 0 Å². The molecule has 2 rings (SSSR count). The highest BCUT2D eigenvalue weighted by Gasteiger charge is 2.37. The van der Waals surface area contributed by atoms with Gasteiger partial charge in [-0.15, -0.1) is 0 Å². The van der Waals surface area contributed by atoms with E-state index >= 15 is 0 Å². The normalized spacial score (nSPS) is 21.8. The molecule has 7 heteroatoms. The van der Waals surface area contributed by atoms with Gasteiger partial charge in [-0.25, -0.2) is 4.99 Å². The summed E-state index contributed by atoms with van der Waals surface area (Å²) in [4.78, 5) is 9.36. The van der Waals surface area contributed by atoms with Gasteiger partial charge in [0.25, 0.3) is 0 Å². The molecule has 2 aliphatic rings. The Labute approximate surface area is 96.9 Å². The number of nitrogens with zero attached hydrogens (tertiary/aromatic N) is 3. The maximum absolute atomic E-state index is 12.5. The second-order valence-corrected chi connectivity index (χ2v) is 3.94. The van der Waals surface area contributed by atoms with Gasteiger partial charge in [-0.05, 0) is 0 Å². The molecule has 2 heterocycles. The molecule has 0 bridgehead atoms. The molecule has 0 aromatic rings. The SMILES string of the molecule is C=C1CN(C2=NCCC(C(F)(F)F)=N2)CCN1. The quantitative estimate of drug-likeness (QED) is 0.697. The predicted molar refractivity (Wildman–Crippen MR) is 59.1 cm³/mol. The van der Waals surface area contributed by atoms with E-state index in [0.717, 1.165) is 5.70 Å². The van der Waals surface area contributed by atoms with Crippen LogP contribution in [-0.2, 0) is 0 Å². The molecule has 1 fully saturated rings. The van der Waals surface area contributed by atoms with Gasteiger partial charge >= 0.3 is 6.18 Å². The first-order valence-electron chi connectivity index (χ1n) is 5.32. The van der Waals surface area contributed by atoms with E-state index in [4.69, 9.17) is 0 Å². The molecule has 1 saturated heterocycles. The van der Waals surface area contributed by atoms with Gasteiger partial charge in [0.2, 0.25) is 5.96 Å². The van der Waals surface area contributed by atoms with Crippen molar-refractivity contribution in [3.05, 3.63) is 12.3 Å². The number of aliphatic imine (C=N–C) groups is 2. The maximum atomic E-state index is 12.5. The van der Waals surface area contributed by atoms with Crippen LogP contribution < -0.4 is 5.32 Å². The fraction of sp³-hybridized carbons (Fsp3) is 0.600. The van der Waals surface area contributed by atoms with Crippen LogP contribution in [0.25, 0.3) is 0 Å². The van der Waals surface area contributed by atoms with Crippen LogP contribution in [0.15, 0.2) is 22.3 Å². The highest BCUT2D eigenvalue weighted by Crippen LogP contribution is 2.22. The minimum Gasteiger partial charge on any atom is -0.386 e. The Hall–Kier alpha value is -1.53. The number of hydrogen-bond donors (Lipinski definition) is 1. The molecule has 1 N–H and O–H groups in total. The fourth-order valence-corrected chi connectivity index (χ4v) is 1.75. The van der Waals surface area contributed by atoms with E-state index in [-0.39, 0.29) is 18.9 Å². The molecule has 2 aliphatic heterocycles. The lowest BCUT2D eigenvalue weighted by Gasteiger charge is -2.31. The van der Waals surface area contributed by atoms with E-state index in [1.165, 1.54) is 0 Å². The zero-order valence-corrected chi connectivity index (χ0v) is 9.22. The summed E-state index contributed by atoms with van der Waals surface area (Å²) in [5.41, 5.74) is 0.0277. The summed E-state index contributed by atoms with van der Waals surface area (Å²) in [5.74, 6) is 0.172. The summed E-state index contributed by atoms with van der Waals surface area (Å²) in [6, 6.07) is 0. The zero-order valence-electron chi connectivity index (χ0n) is 9.22. The topological polar surface area (TPSA) is 40.0 Å². The molecule has 0 aliphatic carbocycles. The molecule has 0 spiro atoms. The average molecular weight is 246 g/mol. The van der Waals surface area contributed by atoms with Gasteiger partial charge in [0.05, 0.1) is 6.54 Å². The van der Waals surface area contributed by atoms with Crippen molar-refractivity contribution < 1.29 is 13.2 Å². The molecule has 0 unspecified atom stereocenters. The van der Waals surface area contributed by atoms with Crippen LogP contribution in [0, 0.1) is 0 Å². The summed E-state index contributed by atoms with van der Waals surface area (Å²) in [5, 5.41) is 3.03. The standard InChI is InChI=1S/C10H13F3N4/c1-7-6-17(5-4-14-7)9-15-3-2-8(16-9)10(11,12)13/h14H,1-6H2. The van der Waals surface area contributed by atoms with Crippen LogP contribution in [0.4, 0.5) is 13.2 Å². The van der Waals surface area contributed by atoms with Gasteiger partial charge in [-0.1, -0.05) is 6.58 Å². The Morgan fingerprint density at radius 2 is 2.12 bits per heavy atom. The molecule has 94 valence electrons. The van der Waals surface area contributed by atoms with Crippen molar-refractivity contribution in [2.75, 3.05) is 26.2 Å². The minimum absolute atomic E-state index is 0.139. The second kappa shape index (κ2) is 4.38. The third-order valence-electron chi connectivity index (χ3n) is 2.59. The minimum atomic E-state index is -4.35. The van der Waals surface area contributed by atoms with Crippen molar-refractivity contribution in [1.29, 1.82) is 0 Å². The molecule has 0 aromatic carbocycles. The monoisotopic (exact) mass is 246 g/mol. The molecule has 4 nitrogen and oxygen atoms in total. The van der Waals surface area contributed by atoms with Crippen LogP contribution in [-0.4, -0.2) is 48.9 Å². The highest BCUT2D eigenvalue weighted by molar-refractivity contribution is 6.01. The summed E-state index contributed by atoms with van der Waals surface area (Å²) < 4.78 is 37.6. The molecule has 17 heavy (non-hydrogen) atoms. The largest absolute Gasteiger partial charge is 0.429 e. The number of alkyl halides is 3. The first kappa shape index (κ1) is 11.9. The van der Waals surface area contributed by atoms with Crippen LogP contribution in [0.2, 0.25) is 0 Å². The van der Waals surface area contributed by atoms with E-state index in [0.29, 0.717) is 19.6 Å². The van der Waals surface area contributed by atoms with Crippen molar-refractivity contribution in [1.82, 2.24) is 10.2 Å². The molecule has 0 radical (unpaired) electrons. The van der Waals surface area contributed by atoms with E-state index in [2.05, 4.69) is 21.9 Å². The molecular weight excluding hydrogens is 233 g/mol. The van der Waals surface area contributed by atoms with Crippen molar-refractivity contribution in [3.63, 3.8) is 0 Å². The molecule has 0 aromatic heterocycles. The molecule has 0 saturated carbocycles.